The van der Waals surface area contributed by atoms with Crippen molar-refractivity contribution in [2.75, 3.05) is 13.2 Å². The van der Waals surface area contributed by atoms with Crippen LogP contribution in [-0.2, 0) is 4.74 Å². The van der Waals surface area contributed by atoms with Gasteiger partial charge in [-0.3, -0.25) is 11.3 Å². The summed E-state index contributed by atoms with van der Waals surface area (Å²) in [5.74, 6) is 7.36. The number of hydrazine groups is 1. The first-order valence-electron chi connectivity index (χ1n) is 6.81. The first-order valence-corrected chi connectivity index (χ1v) is 6.81. The quantitative estimate of drug-likeness (QED) is 0.400. The molecule has 3 heteroatoms. The van der Waals surface area contributed by atoms with E-state index < -0.39 is 0 Å². The Morgan fingerprint density at radius 3 is 2.56 bits per heavy atom. The first kappa shape index (κ1) is 13.9. The highest BCUT2D eigenvalue weighted by molar-refractivity contribution is 4.79. The van der Waals surface area contributed by atoms with E-state index in [0.717, 1.165) is 37.9 Å². The summed E-state index contributed by atoms with van der Waals surface area (Å²) in [4.78, 5) is 0. The third-order valence-electron chi connectivity index (χ3n) is 3.85. The monoisotopic (exact) mass is 228 g/mol. The lowest BCUT2D eigenvalue weighted by molar-refractivity contribution is 0.134. The lowest BCUT2D eigenvalue weighted by Crippen LogP contribution is -2.42. The number of nitrogens with one attached hydrogen (secondary N) is 1. The van der Waals surface area contributed by atoms with Gasteiger partial charge in [0.1, 0.15) is 0 Å². The second-order valence-electron chi connectivity index (χ2n) is 5.13. The van der Waals surface area contributed by atoms with E-state index in [-0.39, 0.29) is 0 Å². The molecule has 0 bridgehead atoms. The summed E-state index contributed by atoms with van der Waals surface area (Å²) >= 11 is 0. The van der Waals surface area contributed by atoms with Crippen LogP contribution >= 0.6 is 0 Å². The maximum absolute atomic E-state index is 5.66. The van der Waals surface area contributed by atoms with Gasteiger partial charge in [-0.05, 0) is 44.4 Å². The molecule has 96 valence electrons. The SMILES string of the molecule is CCOCCCC(NN)C1CCC(C)CC1. The van der Waals surface area contributed by atoms with Gasteiger partial charge in [0.2, 0.25) is 0 Å². The summed E-state index contributed by atoms with van der Waals surface area (Å²) in [5.41, 5.74) is 3.01. The number of ether oxygens (including phenoxy) is 1. The molecule has 1 saturated carbocycles. The molecule has 0 aliphatic heterocycles. The van der Waals surface area contributed by atoms with Gasteiger partial charge in [-0.15, -0.1) is 0 Å². The van der Waals surface area contributed by atoms with Gasteiger partial charge >= 0.3 is 0 Å². The molecule has 16 heavy (non-hydrogen) atoms. The zero-order chi connectivity index (χ0) is 11.8. The molecule has 0 aromatic carbocycles. The second-order valence-corrected chi connectivity index (χ2v) is 5.13. The molecule has 0 aromatic heterocycles. The van der Waals surface area contributed by atoms with Crippen LogP contribution in [-0.4, -0.2) is 19.3 Å². The van der Waals surface area contributed by atoms with E-state index in [1.165, 1.54) is 25.7 Å². The zero-order valence-electron chi connectivity index (χ0n) is 10.9. The van der Waals surface area contributed by atoms with Crippen molar-refractivity contribution < 1.29 is 4.74 Å². The molecular weight excluding hydrogens is 200 g/mol. The Morgan fingerprint density at radius 2 is 2.00 bits per heavy atom. The van der Waals surface area contributed by atoms with Crippen molar-refractivity contribution in [3.8, 4) is 0 Å². The molecule has 1 aliphatic carbocycles. The minimum absolute atomic E-state index is 0.493. The van der Waals surface area contributed by atoms with Crippen LogP contribution in [0.3, 0.4) is 0 Å². The average molecular weight is 228 g/mol. The zero-order valence-corrected chi connectivity index (χ0v) is 10.9. The van der Waals surface area contributed by atoms with Gasteiger partial charge < -0.3 is 4.74 Å². The van der Waals surface area contributed by atoms with E-state index in [2.05, 4.69) is 12.3 Å². The predicted molar refractivity (Wildman–Crippen MR) is 68.0 cm³/mol. The van der Waals surface area contributed by atoms with Gasteiger partial charge in [-0.25, -0.2) is 0 Å². The number of hydrogen-bond donors (Lipinski definition) is 2. The van der Waals surface area contributed by atoms with Crippen LogP contribution < -0.4 is 11.3 Å². The van der Waals surface area contributed by atoms with Crippen LogP contribution in [0.15, 0.2) is 0 Å². The van der Waals surface area contributed by atoms with Crippen LogP contribution in [0, 0.1) is 11.8 Å². The molecule has 0 radical (unpaired) electrons. The fourth-order valence-electron chi connectivity index (χ4n) is 2.69. The van der Waals surface area contributed by atoms with Crippen molar-refractivity contribution >= 4 is 0 Å². The van der Waals surface area contributed by atoms with E-state index in [1.807, 2.05) is 6.92 Å². The molecule has 0 saturated heterocycles. The van der Waals surface area contributed by atoms with Gasteiger partial charge in [-0.2, -0.15) is 0 Å². The van der Waals surface area contributed by atoms with E-state index in [0.29, 0.717) is 6.04 Å². The molecule has 0 spiro atoms. The van der Waals surface area contributed by atoms with Gasteiger partial charge in [0.05, 0.1) is 0 Å². The second kappa shape index (κ2) is 8.04. The largest absolute Gasteiger partial charge is 0.382 e. The summed E-state index contributed by atoms with van der Waals surface area (Å²) in [5, 5.41) is 0. The Morgan fingerprint density at radius 1 is 1.31 bits per heavy atom. The number of rotatable bonds is 7. The highest BCUT2D eigenvalue weighted by atomic mass is 16.5. The van der Waals surface area contributed by atoms with Crippen molar-refractivity contribution in [3.63, 3.8) is 0 Å². The topological polar surface area (TPSA) is 47.3 Å². The van der Waals surface area contributed by atoms with Gasteiger partial charge in [-0.1, -0.05) is 19.8 Å². The minimum atomic E-state index is 0.493. The molecule has 1 rings (SSSR count). The maximum Gasteiger partial charge on any atom is 0.0466 e. The summed E-state index contributed by atoms with van der Waals surface area (Å²) in [6, 6.07) is 0.493. The summed E-state index contributed by atoms with van der Waals surface area (Å²) in [7, 11) is 0. The van der Waals surface area contributed by atoms with E-state index in [1.54, 1.807) is 0 Å². The standard InChI is InChI=1S/C13H28N2O/c1-3-16-10-4-5-13(15-14)12-8-6-11(2)7-9-12/h11-13,15H,3-10,14H2,1-2H3. The fraction of sp³-hybridized carbons (Fsp3) is 1.00. The van der Waals surface area contributed by atoms with E-state index in [4.69, 9.17) is 10.6 Å². The summed E-state index contributed by atoms with van der Waals surface area (Å²) in [6.07, 6.45) is 7.68. The molecule has 0 aromatic rings. The van der Waals surface area contributed by atoms with E-state index >= 15 is 0 Å². The van der Waals surface area contributed by atoms with Crippen molar-refractivity contribution in [1.29, 1.82) is 0 Å². The first-order chi connectivity index (χ1) is 7.77. The molecule has 1 fully saturated rings. The Kier molecular flexibility index (Phi) is 7.01. The molecule has 3 nitrogen and oxygen atoms in total. The third-order valence-corrected chi connectivity index (χ3v) is 3.85. The van der Waals surface area contributed by atoms with Crippen LogP contribution in [0.5, 0.6) is 0 Å². The third kappa shape index (κ3) is 4.81. The average Bonchev–Trinajstić information content (AvgIpc) is 2.31. The van der Waals surface area contributed by atoms with Crippen LogP contribution in [0.4, 0.5) is 0 Å². The molecular formula is C13H28N2O. The number of hydrogen-bond acceptors (Lipinski definition) is 3. The summed E-state index contributed by atoms with van der Waals surface area (Å²) in [6.45, 7) is 6.09. The lowest BCUT2D eigenvalue weighted by Gasteiger charge is -2.32. The Hall–Kier alpha value is -0.120. The molecule has 1 unspecified atom stereocenters. The Bertz CT molecular complexity index is 167. The van der Waals surface area contributed by atoms with Crippen LogP contribution in [0.1, 0.15) is 52.4 Å². The Balaban J connectivity index is 2.19. The number of nitrogens with two attached hydrogens (primary N) is 1. The molecule has 0 amide bonds. The Labute approximate surface area is 100 Å². The fourth-order valence-corrected chi connectivity index (χ4v) is 2.69. The predicted octanol–water partition coefficient (Wildman–Crippen LogP) is 2.46. The van der Waals surface area contributed by atoms with Gasteiger partial charge in [0.25, 0.3) is 0 Å². The lowest BCUT2D eigenvalue weighted by atomic mass is 9.78. The molecule has 1 aliphatic rings. The van der Waals surface area contributed by atoms with Gasteiger partial charge in [0.15, 0.2) is 0 Å². The maximum atomic E-state index is 5.66. The van der Waals surface area contributed by atoms with Crippen molar-refractivity contribution in [3.05, 3.63) is 0 Å². The molecule has 1 atom stereocenters. The molecule has 3 N–H and O–H groups in total. The highest BCUT2D eigenvalue weighted by Gasteiger charge is 2.24. The van der Waals surface area contributed by atoms with Crippen molar-refractivity contribution in [2.24, 2.45) is 17.7 Å². The summed E-state index contributed by atoms with van der Waals surface area (Å²) < 4.78 is 5.36. The normalized spacial score (nSPS) is 27.9. The van der Waals surface area contributed by atoms with E-state index in [9.17, 15) is 0 Å². The van der Waals surface area contributed by atoms with Crippen LogP contribution in [0.25, 0.3) is 0 Å². The molecule has 0 heterocycles. The van der Waals surface area contributed by atoms with Crippen LogP contribution in [0.2, 0.25) is 0 Å². The van der Waals surface area contributed by atoms with Crippen molar-refractivity contribution in [1.82, 2.24) is 5.43 Å². The smallest absolute Gasteiger partial charge is 0.0466 e. The van der Waals surface area contributed by atoms with Gasteiger partial charge in [0, 0.05) is 19.3 Å². The minimum Gasteiger partial charge on any atom is -0.382 e. The highest BCUT2D eigenvalue weighted by Crippen LogP contribution is 2.31. The van der Waals surface area contributed by atoms with Crippen molar-refractivity contribution in [2.45, 2.75) is 58.4 Å².